The predicted molar refractivity (Wildman–Crippen MR) is 70.7 cm³/mol. The van der Waals surface area contributed by atoms with Gasteiger partial charge in [0.1, 0.15) is 0 Å². The lowest BCUT2D eigenvalue weighted by molar-refractivity contribution is -0.134. The van der Waals surface area contributed by atoms with Crippen molar-refractivity contribution in [2.24, 2.45) is 11.7 Å². The molecule has 1 amide bonds. The topological polar surface area (TPSA) is 49.6 Å². The van der Waals surface area contributed by atoms with Crippen molar-refractivity contribution in [3.05, 3.63) is 0 Å². The second-order valence-electron chi connectivity index (χ2n) is 5.42. The van der Waals surface area contributed by atoms with E-state index in [-0.39, 0.29) is 17.9 Å². The van der Waals surface area contributed by atoms with E-state index in [2.05, 4.69) is 11.9 Å². The van der Waals surface area contributed by atoms with Gasteiger partial charge < -0.3 is 15.5 Å². The highest BCUT2D eigenvalue weighted by Crippen LogP contribution is 2.16. The van der Waals surface area contributed by atoms with Crippen molar-refractivity contribution in [3.8, 4) is 0 Å². The van der Waals surface area contributed by atoms with Gasteiger partial charge in [-0.2, -0.15) is 0 Å². The SMILES string of the molecule is CCN(C[C@@H]1CCCN1C)C(=O)C(N)C(C)C. The fourth-order valence-corrected chi connectivity index (χ4v) is 2.34. The Morgan fingerprint density at radius 1 is 1.53 bits per heavy atom. The number of carbonyl (C=O) groups excluding carboxylic acids is 1. The number of nitrogens with two attached hydrogens (primary N) is 1. The third-order valence-corrected chi connectivity index (χ3v) is 3.80. The van der Waals surface area contributed by atoms with E-state index in [1.807, 2.05) is 25.7 Å². The standard InChI is InChI=1S/C13H27N3O/c1-5-16(13(17)12(14)10(2)3)9-11-7-6-8-15(11)4/h10-12H,5-9,14H2,1-4H3/t11-,12?/m0/s1. The molecule has 0 saturated carbocycles. The van der Waals surface area contributed by atoms with Crippen molar-refractivity contribution >= 4 is 5.91 Å². The van der Waals surface area contributed by atoms with Crippen LogP contribution >= 0.6 is 0 Å². The minimum atomic E-state index is -0.360. The second kappa shape index (κ2) is 6.36. The predicted octanol–water partition coefficient (Wildman–Crippen LogP) is 0.912. The first-order valence-corrected chi connectivity index (χ1v) is 6.72. The zero-order chi connectivity index (χ0) is 13.0. The first kappa shape index (κ1) is 14.5. The van der Waals surface area contributed by atoms with Crippen LogP contribution in [0.1, 0.15) is 33.6 Å². The lowest BCUT2D eigenvalue weighted by atomic mass is 10.0. The lowest BCUT2D eigenvalue weighted by Crippen LogP contribution is -2.50. The third kappa shape index (κ3) is 3.68. The van der Waals surface area contributed by atoms with Gasteiger partial charge in [-0.3, -0.25) is 4.79 Å². The van der Waals surface area contributed by atoms with Crippen LogP contribution in [0, 0.1) is 5.92 Å². The average Bonchev–Trinajstić information content (AvgIpc) is 2.69. The molecule has 1 heterocycles. The number of nitrogens with zero attached hydrogens (tertiary/aromatic N) is 2. The Kier molecular flexibility index (Phi) is 5.40. The Hall–Kier alpha value is -0.610. The van der Waals surface area contributed by atoms with E-state index in [0.717, 1.165) is 19.6 Å². The monoisotopic (exact) mass is 241 g/mol. The van der Waals surface area contributed by atoms with Crippen molar-refractivity contribution < 1.29 is 4.79 Å². The van der Waals surface area contributed by atoms with E-state index >= 15 is 0 Å². The van der Waals surface area contributed by atoms with E-state index < -0.39 is 0 Å². The largest absolute Gasteiger partial charge is 0.340 e. The van der Waals surface area contributed by atoms with Gasteiger partial charge in [-0.15, -0.1) is 0 Å². The van der Waals surface area contributed by atoms with Gasteiger partial charge in [0.15, 0.2) is 0 Å². The highest BCUT2D eigenvalue weighted by atomic mass is 16.2. The summed E-state index contributed by atoms with van der Waals surface area (Å²) in [6.07, 6.45) is 2.43. The van der Waals surface area contributed by atoms with Crippen LogP contribution in [0.4, 0.5) is 0 Å². The molecule has 0 aromatic heterocycles. The van der Waals surface area contributed by atoms with E-state index in [9.17, 15) is 4.79 Å². The van der Waals surface area contributed by atoms with Crippen LogP contribution in [0.3, 0.4) is 0 Å². The number of hydrogen-bond acceptors (Lipinski definition) is 3. The van der Waals surface area contributed by atoms with Gasteiger partial charge in [0.2, 0.25) is 5.91 Å². The molecule has 100 valence electrons. The van der Waals surface area contributed by atoms with Gasteiger partial charge >= 0.3 is 0 Å². The van der Waals surface area contributed by atoms with Crippen molar-refractivity contribution in [1.82, 2.24) is 9.80 Å². The molecule has 2 atom stereocenters. The van der Waals surface area contributed by atoms with Crippen molar-refractivity contribution in [2.75, 3.05) is 26.7 Å². The maximum Gasteiger partial charge on any atom is 0.239 e. The van der Waals surface area contributed by atoms with Crippen LogP contribution < -0.4 is 5.73 Å². The number of hydrogen-bond donors (Lipinski definition) is 1. The first-order valence-electron chi connectivity index (χ1n) is 6.72. The molecule has 1 aliphatic rings. The fraction of sp³-hybridized carbons (Fsp3) is 0.923. The summed E-state index contributed by atoms with van der Waals surface area (Å²) in [4.78, 5) is 16.5. The molecular formula is C13H27N3O. The van der Waals surface area contributed by atoms with E-state index in [0.29, 0.717) is 6.04 Å². The molecule has 1 fully saturated rings. The molecule has 0 bridgehead atoms. The summed E-state index contributed by atoms with van der Waals surface area (Å²) in [5.74, 6) is 0.306. The van der Waals surface area contributed by atoms with Gasteiger partial charge in [0, 0.05) is 19.1 Å². The molecule has 0 aliphatic carbocycles. The molecule has 4 nitrogen and oxygen atoms in total. The summed E-state index contributed by atoms with van der Waals surface area (Å²) in [6, 6.07) is 0.153. The Morgan fingerprint density at radius 3 is 2.59 bits per heavy atom. The average molecular weight is 241 g/mol. The third-order valence-electron chi connectivity index (χ3n) is 3.80. The molecule has 1 saturated heterocycles. The molecule has 1 unspecified atom stereocenters. The van der Waals surface area contributed by atoms with Crippen LogP contribution in [-0.2, 0) is 4.79 Å². The van der Waals surface area contributed by atoms with E-state index in [1.54, 1.807) is 0 Å². The molecule has 2 N–H and O–H groups in total. The van der Waals surface area contributed by atoms with Crippen molar-refractivity contribution in [2.45, 2.75) is 45.7 Å². The first-order chi connectivity index (χ1) is 7.97. The Morgan fingerprint density at radius 2 is 2.18 bits per heavy atom. The number of rotatable bonds is 5. The zero-order valence-electron chi connectivity index (χ0n) is 11.6. The zero-order valence-corrected chi connectivity index (χ0v) is 11.6. The number of carbonyl (C=O) groups is 1. The Balaban J connectivity index is 2.55. The second-order valence-corrected chi connectivity index (χ2v) is 5.42. The lowest BCUT2D eigenvalue weighted by Gasteiger charge is -2.30. The number of amides is 1. The molecular weight excluding hydrogens is 214 g/mol. The highest BCUT2D eigenvalue weighted by Gasteiger charge is 2.28. The summed E-state index contributed by atoms with van der Waals surface area (Å²) in [6.45, 7) is 8.75. The normalized spacial score (nSPS) is 23.1. The van der Waals surface area contributed by atoms with Gasteiger partial charge in [0.25, 0.3) is 0 Å². The molecule has 4 heteroatoms. The molecule has 1 aliphatic heterocycles. The minimum absolute atomic E-state index is 0.0998. The minimum Gasteiger partial charge on any atom is -0.340 e. The maximum atomic E-state index is 12.2. The van der Waals surface area contributed by atoms with Gasteiger partial charge in [-0.1, -0.05) is 13.8 Å². The van der Waals surface area contributed by atoms with E-state index in [4.69, 9.17) is 5.73 Å². The fourth-order valence-electron chi connectivity index (χ4n) is 2.34. The Bertz CT molecular complexity index is 255. The summed E-state index contributed by atoms with van der Waals surface area (Å²) >= 11 is 0. The van der Waals surface area contributed by atoms with Crippen LogP contribution in [0.25, 0.3) is 0 Å². The van der Waals surface area contributed by atoms with Crippen molar-refractivity contribution in [3.63, 3.8) is 0 Å². The highest BCUT2D eigenvalue weighted by molar-refractivity contribution is 5.81. The summed E-state index contributed by atoms with van der Waals surface area (Å²) in [5.41, 5.74) is 5.94. The molecule has 0 radical (unpaired) electrons. The van der Waals surface area contributed by atoms with Crippen molar-refractivity contribution in [1.29, 1.82) is 0 Å². The van der Waals surface area contributed by atoms with E-state index in [1.165, 1.54) is 12.8 Å². The summed E-state index contributed by atoms with van der Waals surface area (Å²) in [5, 5.41) is 0. The molecule has 0 aromatic carbocycles. The smallest absolute Gasteiger partial charge is 0.239 e. The quantitative estimate of drug-likeness (QED) is 0.778. The summed E-state index contributed by atoms with van der Waals surface area (Å²) < 4.78 is 0. The molecule has 0 spiro atoms. The summed E-state index contributed by atoms with van der Waals surface area (Å²) in [7, 11) is 2.14. The van der Waals surface area contributed by atoms with Crippen LogP contribution in [-0.4, -0.2) is 54.5 Å². The van der Waals surface area contributed by atoms with Crippen LogP contribution in [0.2, 0.25) is 0 Å². The molecule has 0 aromatic rings. The Labute approximate surface area is 105 Å². The van der Waals surface area contributed by atoms with Gasteiger partial charge in [-0.05, 0) is 39.3 Å². The van der Waals surface area contributed by atoms with Gasteiger partial charge in [-0.25, -0.2) is 0 Å². The van der Waals surface area contributed by atoms with Gasteiger partial charge in [0.05, 0.1) is 6.04 Å². The van der Waals surface area contributed by atoms with Crippen LogP contribution in [0.5, 0.6) is 0 Å². The molecule has 17 heavy (non-hydrogen) atoms. The number of likely N-dealkylation sites (N-methyl/N-ethyl adjacent to an activating group) is 2. The van der Waals surface area contributed by atoms with Crippen LogP contribution in [0.15, 0.2) is 0 Å². The molecule has 1 rings (SSSR count). The maximum absolute atomic E-state index is 12.2. The number of likely N-dealkylation sites (tertiary alicyclic amines) is 1.